The van der Waals surface area contributed by atoms with Gasteiger partial charge in [-0.3, -0.25) is 14.4 Å². The standard InChI is InChI=1S/C65H114O6/c1-4-7-10-13-16-19-22-25-28-30-32-34-37-40-43-46-49-52-55-58-64(67)70-61-62(60-69-63(66)57-54-51-48-45-42-39-36-27-24-21-18-15-12-9-6-3)71-65(68)59-56-53-50-47-44-41-38-35-33-31-29-26-23-20-17-14-11-8-5-2/h8,11,17,20,26,29,33,35,41,44,50,53,62H,4-7,9-10,12-16,18-19,21-25,27-28,30-32,34,36-40,42-43,45-49,51-52,54-61H2,1-3H3/b11-8-,20-17-,29-26-,35-33-,44-41-,53-50-/t62-/m0/s1. The lowest BCUT2D eigenvalue weighted by Crippen LogP contribution is -2.30. The fourth-order valence-electron chi connectivity index (χ4n) is 8.71. The maximum Gasteiger partial charge on any atom is 0.306 e. The van der Waals surface area contributed by atoms with Crippen LogP contribution < -0.4 is 0 Å². The molecule has 410 valence electrons. The van der Waals surface area contributed by atoms with Crippen LogP contribution in [0.15, 0.2) is 72.9 Å². The second kappa shape index (κ2) is 59.4. The van der Waals surface area contributed by atoms with E-state index in [-0.39, 0.29) is 37.5 Å². The van der Waals surface area contributed by atoms with Crippen LogP contribution in [0.5, 0.6) is 0 Å². The number of esters is 3. The molecule has 1 atom stereocenters. The first-order valence-corrected chi connectivity index (χ1v) is 30.4. The summed E-state index contributed by atoms with van der Waals surface area (Å²) in [5, 5.41) is 0. The van der Waals surface area contributed by atoms with E-state index in [1.807, 2.05) is 6.08 Å². The zero-order valence-electron chi connectivity index (χ0n) is 47.0. The molecule has 0 aliphatic rings. The van der Waals surface area contributed by atoms with E-state index < -0.39 is 6.10 Å². The third kappa shape index (κ3) is 57.6. The van der Waals surface area contributed by atoms with E-state index in [1.54, 1.807) is 0 Å². The molecule has 0 saturated carbocycles. The number of hydrogen-bond acceptors (Lipinski definition) is 6. The first kappa shape index (κ1) is 67.8. The molecule has 6 heteroatoms. The molecule has 0 amide bonds. The molecule has 0 bridgehead atoms. The van der Waals surface area contributed by atoms with Gasteiger partial charge in [0.05, 0.1) is 0 Å². The molecular formula is C65H114O6. The van der Waals surface area contributed by atoms with Crippen LogP contribution in [-0.2, 0) is 28.6 Å². The second-order valence-corrected chi connectivity index (χ2v) is 20.2. The van der Waals surface area contributed by atoms with Gasteiger partial charge in [0.1, 0.15) is 13.2 Å². The molecule has 0 rings (SSSR count). The number of carbonyl (C=O) groups excluding carboxylic acids is 3. The minimum Gasteiger partial charge on any atom is -0.462 e. The summed E-state index contributed by atoms with van der Waals surface area (Å²) in [6, 6.07) is 0. The molecule has 0 saturated heterocycles. The van der Waals surface area contributed by atoms with Crippen LogP contribution in [-0.4, -0.2) is 37.2 Å². The molecule has 0 aromatic heterocycles. The fraction of sp³-hybridized carbons (Fsp3) is 0.769. The van der Waals surface area contributed by atoms with Gasteiger partial charge in [-0.2, -0.15) is 0 Å². The first-order chi connectivity index (χ1) is 35.0. The van der Waals surface area contributed by atoms with Gasteiger partial charge in [-0.25, -0.2) is 0 Å². The Morgan fingerprint density at radius 1 is 0.296 bits per heavy atom. The Bertz CT molecular complexity index is 1320. The lowest BCUT2D eigenvalue weighted by atomic mass is 10.0. The molecule has 0 aromatic rings. The summed E-state index contributed by atoms with van der Waals surface area (Å²) in [6.45, 7) is 6.51. The minimum atomic E-state index is -0.813. The largest absolute Gasteiger partial charge is 0.462 e. The van der Waals surface area contributed by atoms with Gasteiger partial charge in [0.15, 0.2) is 6.10 Å². The summed E-state index contributed by atoms with van der Waals surface area (Å²) in [5.74, 6) is -0.970. The van der Waals surface area contributed by atoms with Crippen molar-refractivity contribution >= 4 is 17.9 Å². The van der Waals surface area contributed by atoms with Gasteiger partial charge in [-0.1, -0.05) is 299 Å². The van der Waals surface area contributed by atoms with Gasteiger partial charge in [-0.05, 0) is 57.8 Å². The molecule has 0 heterocycles. The number of allylic oxidation sites excluding steroid dienone is 12. The van der Waals surface area contributed by atoms with Gasteiger partial charge >= 0.3 is 17.9 Å². The van der Waals surface area contributed by atoms with Gasteiger partial charge in [0, 0.05) is 19.3 Å². The van der Waals surface area contributed by atoms with Crippen LogP contribution >= 0.6 is 0 Å². The van der Waals surface area contributed by atoms with Gasteiger partial charge < -0.3 is 14.2 Å². The zero-order chi connectivity index (χ0) is 51.4. The molecule has 0 spiro atoms. The highest BCUT2D eigenvalue weighted by atomic mass is 16.6. The summed E-state index contributed by atoms with van der Waals surface area (Å²) in [6.07, 6.45) is 76.3. The molecule has 0 aliphatic carbocycles. The first-order valence-electron chi connectivity index (χ1n) is 30.4. The van der Waals surface area contributed by atoms with E-state index >= 15 is 0 Å². The quantitative estimate of drug-likeness (QED) is 0.0261. The van der Waals surface area contributed by atoms with E-state index in [4.69, 9.17) is 14.2 Å². The Balaban J connectivity index is 4.45. The molecule has 6 nitrogen and oxygen atoms in total. The van der Waals surface area contributed by atoms with Crippen molar-refractivity contribution in [3.63, 3.8) is 0 Å². The summed E-state index contributed by atoms with van der Waals surface area (Å²) in [7, 11) is 0. The van der Waals surface area contributed by atoms with Crippen molar-refractivity contribution in [1.29, 1.82) is 0 Å². The number of carbonyl (C=O) groups is 3. The Kier molecular flexibility index (Phi) is 56.8. The van der Waals surface area contributed by atoms with Crippen molar-refractivity contribution in [3.8, 4) is 0 Å². The van der Waals surface area contributed by atoms with Crippen molar-refractivity contribution in [1.82, 2.24) is 0 Å². The Hall–Kier alpha value is -3.15. The lowest BCUT2D eigenvalue weighted by molar-refractivity contribution is -0.166. The van der Waals surface area contributed by atoms with Gasteiger partial charge in [-0.15, -0.1) is 0 Å². The Labute approximate surface area is 440 Å². The third-order valence-electron chi connectivity index (χ3n) is 13.2. The smallest absolute Gasteiger partial charge is 0.306 e. The van der Waals surface area contributed by atoms with Crippen LogP contribution in [0.25, 0.3) is 0 Å². The van der Waals surface area contributed by atoms with E-state index in [9.17, 15) is 14.4 Å². The SMILES string of the molecule is CC/C=C\C/C=C\C/C=C\C/C=C\C/C=C\C/C=C\CCC(=O)O[C@@H](COC(=O)CCCCCCCCCCCCCCCCC)COC(=O)CCCCCCCCCCCCCCCCCCCCC. The number of rotatable bonds is 55. The highest BCUT2D eigenvalue weighted by molar-refractivity contribution is 5.71. The van der Waals surface area contributed by atoms with Crippen LogP contribution in [0.3, 0.4) is 0 Å². The molecule has 71 heavy (non-hydrogen) atoms. The Morgan fingerprint density at radius 2 is 0.549 bits per heavy atom. The summed E-state index contributed by atoms with van der Waals surface area (Å²) >= 11 is 0. The van der Waals surface area contributed by atoms with E-state index in [1.165, 1.54) is 180 Å². The van der Waals surface area contributed by atoms with E-state index in [2.05, 4.69) is 87.6 Å². The third-order valence-corrected chi connectivity index (χ3v) is 13.2. The monoisotopic (exact) mass is 991 g/mol. The van der Waals surface area contributed by atoms with Crippen LogP contribution in [0, 0.1) is 0 Å². The predicted octanol–water partition coefficient (Wildman–Crippen LogP) is 20.5. The van der Waals surface area contributed by atoms with Crippen LogP contribution in [0.4, 0.5) is 0 Å². The maximum absolute atomic E-state index is 12.8. The number of unbranched alkanes of at least 4 members (excludes halogenated alkanes) is 32. The van der Waals surface area contributed by atoms with Crippen molar-refractivity contribution in [2.45, 2.75) is 309 Å². The lowest BCUT2D eigenvalue weighted by Gasteiger charge is -2.18. The molecule has 0 radical (unpaired) electrons. The van der Waals surface area contributed by atoms with E-state index in [0.29, 0.717) is 19.3 Å². The molecule has 0 aromatic carbocycles. The van der Waals surface area contributed by atoms with Crippen molar-refractivity contribution in [2.75, 3.05) is 13.2 Å². The summed E-state index contributed by atoms with van der Waals surface area (Å²) in [4.78, 5) is 38.2. The summed E-state index contributed by atoms with van der Waals surface area (Å²) in [5.41, 5.74) is 0. The number of hydrogen-bond donors (Lipinski definition) is 0. The molecule has 0 fully saturated rings. The maximum atomic E-state index is 12.8. The van der Waals surface area contributed by atoms with Crippen LogP contribution in [0.1, 0.15) is 303 Å². The summed E-state index contributed by atoms with van der Waals surface area (Å²) < 4.78 is 16.8. The normalized spacial score (nSPS) is 12.5. The van der Waals surface area contributed by atoms with Gasteiger partial charge in [0.2, 0.25) is 0 Å². The van der Waals surface area contributed by atoms with Crippen LogP contribution in [0.2, 0.25) is 0 Å². The molecular weight excluding hydrogens is 877 g/mol. The zero-order valence-corrected chi connectivity index (χ0v) is 47.0. The fourth-order valence-corrected chi connectivity index (χ4v) is 8.71. The minimum absolute atomic E-state index is 0.101. The average molecular weight is 992 g/mol. The highest BCUT2D eigenvalue weighted by Crippen LogP contribution is 2.17. The highest BCUT2D eigenvalue weighted by Gasteiger charge is 2.19. The van der Waals surface area contributed by atoms with Crippen molar-refractivity contribution < 1.29 is 28.6 Å². The van der Waals surface area contributed by atoms with Crippen molar-refractivity contribution in [2.24, 2.45) is 0 Å². The molecule has 0 unspecified atom stereocenters. The molecule has 0 N–H and O–H groups in total. The predicted molar refractivity (Wildman–Crippen MR) is 307 cm³/mol. The average Bonchev–Trinajstić information content (AvgIpc) is 3.37. The van der Waals surface area contributed by atoms with E-state index in [0.717, 1.165) is 77.0 Å². The van der Waals surface area contributed by atoms with Gasteiger partial charge in [0.25, 0.3) is 0 Å². The molecule has 0 aliphatic heterocycles. The number of ether oxygens (including phenoxy) is 3. The van der Waals surface area contributed by atoms with Crippen molar-refractivity contribution in [3.05, 3.63) is 72.9 Å². The topological polar surface area (TPSA) is 78.9 Å². The second-order valence-electron chi connectivity index (χ2n) is 20.2. The Morgan fingerprint density at radius 3 is 0.831 bits per heavy atom.